The first kappa shape index (κ1) is 19.3. The summed E-state index contributed by atoms with van der Waals surface area (Å²) in [6, 6.07) is 17.2. The number of Topliss-reactive ketones (excluding diaryl/α,β-unsaturated/α-hetero) is 1. The first-order valence-corrected chi connectivity index (χ1v) is 10.7. The van der Waals surface area contributed by atoms with Crippen molar-refractivity contribution in [2.24, 2.45) is 0 Å². The Morgan fingerprint density at radius 2 is 1.90 bits per heavy atom. The van der Waals surface area contributed by atoms with Crippen molar-refractivity contribution in [2.75, 3.05) is 5.32 Å². The molecule has 0 fully saturated rings. The lowest BCUT2D eigenvalue weighted by Crippen LogP contribution is -2.03. The Morgan fingerprint density at radius 1 is 1.10 bits per heavy atom. The van der Waals surface area contributed by atoms with E-state index < -0.39 is 0 Å². The molecule has 0 aliphatic carbocycles. The van der Waals surface area contributed by atoms with Gasteiger partial charge in [0.2, 0.25) is 5.16 Å². The van der Waals surface area contributed by atoms with E-state index in [1.807, 2.05) is 49.4 Å². The van der Waals surface area contributed by atoms with E-state index in [1.54, 1.807) is 23.6 Å². The molecule has 0 radical (unpaired) electrons. The van der Waals surface area contributed by atoms with Crippen LogP contribution in [0.15, 0.2) is 59.8 Å². The van der Waals surface area contributed by atoms with E-state index in [-0.39, 0.29) is 5.78 Å². The van der Waals surface area contributed by atoms with Gasteiger partial charge in [-0.15, -0.1) is 5.10 Å². The number of carbonyl (C=O) groups excluding carboxylic acids is 1. The number of aryl methyl sites for hydroxylation is 1. The van der Waals surface area contributed by atoms with Crippen molar-refractivity contribution in [2.45, 2.75) is 24.8 Å². The second kappa shape index (κ2) is 7.84. The second-order valence-corrected chi connectivity index (χ2v) is 8.08. The molecule has 0 amide bonds. The molecule has 9 heteroatoms. The van der Waals surface area contributed by atoms with Crippen LogP contribution in [0.5, 0.6) is 0 Å². The Hall–Kier alpha value is -3.72. The summed E-state index contributed by atoms with van der Waals surface area (Å²) in [5, 5.41) is 8.57. The summed E-state index contributed by atoms with van der Waals surface area (Å²) >= 11 is 1.50. The van der Waals surface area contributed by atoms with E-state index in [0.717, 1.165) is 34.1 Å². The van der Waals surface area contributed by atoms with Gasteiger partial charge >= 0.3 is 0 Å². The minimum absolute atomic E-state index is 0.0380. The van der Waals surface area contributed by atoms with E-state index in [4.69, 9.17) is 0 Å². The molecule has 0 unspecified atom stereocenters. The number of rotatable bonds is 6. The van der Waals surface area contributed by atoms with E-state index >= 15 is 0 Å². The summed E-state index contributed by atoms with van der Waals surface area (Å²) in [6.07, 6.45) is 0. The van der Waals surface area contributed by atoms with Crippen LogP contribution in [-0.2, 0) is 5.75 Å². The van der Waals surface area contributed by atoms with Gasteiger partial charge in [0, 0.05) is 23.0 Å². The third-order valence-electron chi connectivity index (χ3n) is 4.76. The molecule has 154 valence electrons. The number of imidazole rings is 1. The highest BCUT2D eigenvalue weighted by Gasteiger charge is 2.12. The number of nitrogens with one attached hydrogen (secondary N) is 2. The largest absolute Gasteiger partial charge is 0.341 e. The predicted octanol–water partition coefficient (Wildman–Crippen LogP) is 4.55. The van der Waals surface area contributed by atoms with Crippen molar-refractivity contribution in [3.8, 4) is 0 Å². The molecule has 5 rings (SSSR count). The Kier molecular flexibility index (Phi) is 4.87. The Labute approximate surface area is 182 Å². The van der Waals surface area contributed by atoms with Crippen LogP contribution in [0.2, 0.25) is 0 Å². The number of ketones is 1. The Balaban J connectivity index is 1.39. The topological polar surface area (TPSA) is 101 Å². The highest BCUT2D eigenvalue weighted by Crippen LogP contribution is 2.23. The number of fused-ring (bicyclic) bond motifs is 2. The number of hydrogen-bond acceptors (Lipinski definition) is 7. The van der Waals surface area contributed by atoms with Crippen molar-refractivity contribution >= 4 is 45.9 Å². The van der Waals surface area contributed by atoms with Gasteiger partial charge in [0.05, 0.1) is 16.8 Å². The van der Waals surface area contributed by atoms with Crippen molar-refractivity contribution in [3.05, 3.63) is 71.7 Å². The van der Waals surface area contributed by atoms with E-state index in [1.165, 1.54) is 11.8 Å². The lowest BCUT2D eigenvalue weighted by atomic mass is 10.1. The van der Waals surface area contributed by atoms with Gasteiger partial charge in [-0.05, 0) is 50.2 Å². The molecular formula is C22H19N7OS. The number of carbonyl (C=O) groups is 1. The fourth-order valence-corrected chi connectivity index (χ4v) is 3.95. The van der Waals surface area contributed by atoms with E-state index in [0.29, 0.717) is 22.3 Å². The maximum atomic E-state index is 11.5. The zero-order chi connectivity index (χ0) is 21.4. The molecule has 0 spiro atoms. The van der Waals surface area contributed by atoms with Crippen LogP contribution in [0.4, 0.5) is 11.5 Å². The fourth-order valence-electron chi connectivity index (χ4n) is 3.26. The number of aromatic amines is 1. The third kappa shape index (κ3) is 3.99. The number of benzene rings is 2. The Bertz CT molecular complexity index is 1370. The Morgan fingerprint density at radius 3 is 2.68 bits per heavy atom. The summed E-state index contributed by atoms with van der Waals surface area (Å²) < 4.78 is 1.69. The summed E-state index contributed by atoms with van der Waals surface area (Å²) in [4.78, 5) is 28.5. The molecule has 3 aromatic heterocycles. The van der Waals surface area contributed by atoms with Crippen molar-refractivity contribution < 1.29 is 4.79 Å². The van der Waals surface area contributed by atoms with Crippen molar-refractivity contribution in [3.63, 3.8) is 0 Å². The zero-order valence-electron chi connectivity index (χ0n) is 17.0. The zero-order valence-corrected chi connectivity index (χ0v) is 17.8. The molecule has 3 heterocycles. The third-order valence-corrected chi connectivity index (χ3v) is 5.61. The summed E-state index contributed by atoms with van der Waals surface area (Å²) in [6.45, 7) is 3.47. The number of hydrogen-bond donors (Lipinski definition) is 2. The lowest BCUT2D eigenvalue weighted by Gasteiger charge is -2.09. The molecule has 0 bridgehead atoms. The number of thioether (sulfide) groups is 1. The van der Waals surface area contributed by atoms with Crippen LogP contribution in [0.25, 0.3) is 16.8 Å². The average Bonchev–Trinajstić information content (AvgIpc) is 3.36. The SMILES string of the molecule is CC(=O)c1ccc(Nc2cc(C)nc3nc(SCc4nc5ccccc5[nH]4)nn23)cc1. The van der Waals surface area contributed by atoms with Gasteiger partial charge in [-0.1, -0.05) is 23.9 Å². The molecule has 2 aromatic carbocycles. The molecule has 0 atom stereocenters. The maximum absolute atomic E-state index is 11.5. The first-order chi connectivity index (χ1) is 15.0. The molecule has 8 nitrogen and oxygen atoms in total. The standard InChI is InChI=1S/C22H19N7OS/c1-13-11-20(24-16-9-7-15(8-10-16)14(2)30)29-21(23-13)27-22(28-29)31-12-19-25-17-5-3-4-6-18(17)26-19/h3-11,24H,12H2,1-2H3,(H,25,26). The van der Waals surface area contributed by atoms with Crippen molar-refractivity contribution in [1.82, 2.24) is 29.5 Å². The quantitative estimate of drug-likeness (QED) is 0.302. The fraction of sp³-hybridized carbons (Fsp3) is 0.136. The van der Waals surface area contributed by atoms with Crippen molar-refractivity contribution in [1.29, 1.82) is 0 Å². The lowest BCUT2D eigenvalue weighted by molar-refractivity contribution is 0.101. The molecule has 2 N–H and O–H groups in total. The number of H-pyrrole nitrogens is 1. The number of para-hydroxylation sites is 2. The average molecular weight is 430 g/mol. The highest BCUT2D eigenvalue weighted by molar-refractivity contribution is 7.98. The van der Waals surface area contributed by atoms with Crippen LogP contribution < -0.4 is 5.32 Å². The summed E-state index contributed by atoms with van der Waals surface area (Å²) in [5.74, 6) is 2.81. The van der Waals surface area contributed by atoms with Crippen LogP contribution in [0, 0.1) is 6.92 Å². The van der Waals surface area contributed by atoms with Crippen LogP contribution in [-0.4, -0.2) is 35.3 Å². The van der Waals surface area contributed by atoms with Gasteiger partial charge in [-0.3, -0.25) is 4.79 Å². The first-order valence-electron chi connectivity index (χ1n) is 9.74. The highest BCUT2D eigenvalue weighted by atomic mass is 32.2. The minimum Gasteiger partial charge on any atom is -0.341 e. The molecule has 0 saturated heterocycles. The van der Waals surface area contributed by atoms with Crippen LogP contribution in [0.3, 0.4) is 0 Å². The van der Waals surface area contributed by atoms with Crippen LogP contribution in [0.1, 0.15) is 28.8 Å². The second-order valence-electron chi connectivity index (χ2n) is 7.14. The van der Waals surface area contributed by atoms with E-state index in [9.17, 15) is 4.79 Å². The molecule has 0 saturated carbocycles. The molecule has 31 heavy (non-hydrogen) atoms. The smallest absolute Gasteiger partial charge is 0.255 e. The molecule has 5 aromatic rings. The minimum atomic E-state index is 0.0380. The summed E-state index contributed by atoms with van der Waals surface area (Å²) in [7, 11) is 0. The van der Waals surface area contributed by atoms with Gasteiger partial charge in [0.15, 0.2) is 5.78 Å². The van der Waals surface area contributed by atoms with Crippen LogP contribution >= 0.6 is 11.8 Å². The summed E-state index contributed by atoms with van der Waals surface area (Å²) in [5.41, 5.74) is 4.31. The van der Waals surface area contributed by atoms with Gasteiger partial charge in [0.25, 0.3) is 5.78 Å². The number of nitrogens with zero attached hydrogens (tertiary/aromatic N) is 5. The van der Waals surface area contributed by atoms with Gasteiger partial charge in [-0.25, -0.2) is 9.97 Å². The van der Waals surface area contributed by atoms with Gasteiger partial charge < -0.3 is 10.3 Å². The predicted molar refractivity (Wildman–Crippen MR) is 121 cm³/mol. The molecular weight excluding hydrogens is 410 g/mol. The molecule has 0 aliphatic rings. The van der Waals surface area contributed by atoms with E-state index in [2.05, 4.69) is 30.4 Å². The maximum Gasteiger partial charge on any atom is 0.255 e. The molecule has 0 aliphatic heterocycles. The number of anilines is 2. The van der Waals surface area contributed by atoms with Gasteiger partial charge in [0.1, 0.15) is 11.6 Å². The monoisotopic (exact) mass is 429 g/mol. The number of aromatic nitrogens is 6. The normalized spacial score (nSPS) is 11.3. The van der Waals surface area contributed by atoms with Gasteiger partial charge in [-0.2, -0.15) is 9.50 Å².